The molecule has 5 heteroatoms. The van der Waals surface area contributed by atoms with Gasteiger partial charge < -0.3 is 15.0 Å². The third-order valence-electron chi connectivity index (χ3n) is 3.38. The lowest BCUT2D eigenvalue weighted by atomic mass is 10.1. The van der Waals surface area contributed by atoms with Crippen LogP contribution in [-0.4, -0.2) is 30.3 Å². The number of benzene rings is 1. The lowest BCUT2D eigenvalue weighted by Gasteiger charge is -2.04. The largest absolute Gasteiger partial charge is 0.497 e. The summed E-state index contributed by atoms with van der Waals surface area (Å²) >= 11 is 0. The minimum Gasteiger partial charge on any atom is -0.497 e. The number of methoxy groups -OCH3 is 1. The van der Waals surface area contributed by atoms with Gasteiger partial charge in [0.25, 0.3) is 0 Å². The van der Waals surface area contributed by atoms with Gasteiger partial charge >= 0.3 is 0 Å². The second kappa shape index (κ2) is 7.45. The number of hydrogen-bond donors (Lipinski definition) is 2. The number of ketones is 1. The number of nitrogens with one attached hydrogen (secondary N) is 2. The fourth-order valence-corrected chi connectivity index (χ4v) is 2.29. The van der Waals surface area contributed by atoms with E-state index in [1.165, 1.54) is 6.08 Å². The SMILES string of the molecule is C/C=C/C(=O)CC(=O)NCCc1c[nH]c2ccc(OC)cc12. The number of H-pyrrole nitrogens is 1. The molecule has 22 heavy (non-hydrogen) atoms. The van der Waals surface area contributed by atoms with E-state index in [0.717, 1.165) is 22.2 Å². The van der Waals surface area contributed by atoms with Crippen LogP contribution in [0.1, 0.15) is 18.9 Å². The van der Waals surface area contributed by atoms with Gasteiger partial charge in [0, 0.05) is 23.6 Å². The third kappa shape index (κ3) is 3.97. The summed E-state index contributed by atoms with van der Waals surface area (Å²) in [7, 11) is 1.63. The van der Waals surface area contributed by atoms with Crippen LogP contribution in [0.25, 0.3) is 10.9 Å². The minimum atomic E-state index is -0.250. The maximum Gasteiger partial charge on any atom is 0.227 e. The molecule has 0 unspecified atom stereocenters. The first-order valence-corrected chi connectivity index (χ1v) is 7.20. The smallest absolute Gasteiger partial charge is 0.227 e. The summed E-state index contributed by atoms with van der Waals surface area (Å²) in [5, 5.41) is 3.85. The monoisotopic (exact) mass is 300 g/mol. The molecule has 2 N–H and O–H groups in total. The van der Waals surface area contributed by atoms with Crippen molar-refractivity contribution in [2.75, 3.05) is 13.7 Å². The van der Waals surface area contributed by atoms with Crippen molar-refractivity contribution in [2.45, 2.75) is 19.8 Å². The summed E-state index contributed by atoms with van der Waals surface area (Å²) in [6.45, 7) is 2.24. The van der Waals surface area contributed by atoms with E-state index in [9.17, 15) is 9.59 Å². The van der Waals surface area contributed by atoms with Crippen molar-refractivity contribution in [3.63, 3.8) is 0 Å². The molecular formula is C17H20N2O3. The normalized spacial score (nSPS) is 11.0. The number of ether oxygens (including phenoxy) is 1. The Hall–Kier alpha value is -2.56. The lowest BCUT2D eigenvalue weighted by molar-refractivity contribution is -0.126. The molecule has 0 spiro atoms. The van der Waals surface area contributed by atoms with E-state index in [-0.39, 0.29) is 18.1 Å². The number of fused-ring (bicyclic) bond motifs is 1. The molecule has 1 amide bonds. The van der Waals surface area contributed by atoms with Crippen molar-refractivity contribution in [1.82, 2.24) is 10.3 Å². The highest BCUT2D eigenvalue weighted by molar-refractivity contribution is 6.03. The Morgan fingerprint density at radius 2 is 2.18 bits per heavy atom. The van der Waals surface area contributed by atoms with Gasteiger partial charge in [-0.1, -0.05) is 6.08 Å². The number of rotatable bonds is 7. The Labute approximate surface area is 129 Å². The van der Waals surface area contributed by atoms with Crippen LogP contribution >= 0.6 is 0 Å². The molecule has 0 aliphatic carbocycles. The molecule has 0 bridgehead atoms. The van der Waals surface area contributed by atoms with Crippen LogP contribution in [0, 0.1) is 0 Å². The molecule has 0 saturated carbocycles. The average Bonchev–Trinajstić information content (AvgIpc) is 2.89. The van der Waals surface area contributed by atoms with Crippen molar-refractivity contribution in [3.05, 3.63) is 42.1 Å². The summed E-state index contributed by atoms with van der Waals surface area (Å²) < 4.78 is 5.23. The average molecular weight is 300 g/mol. The van der Waals surface area contributed by atoms with Gasteiger partial charge in [0.05, 0.1) is 13.5 Å². The molecular weight excluding hydrogens is 280 g/mol. The molecule has 0 radical (unpaired) electrons. The van der Waals surface area contributed by atoms with E-state index in [4.69, 9.17) is 4.74 Å². The van der Waals surface area contributed by atoms with E-state index in [1.54, 1.807) is 20.1 Å². The quantitative estimate of drug-likeness (QED) is 0.609. The zero-order chi connectivity index (χ0) is 15.9. The van der Waals surface area contributed by atoms with Crippen molar-refractivity contribution >= 4 is 22.6 Å². The van der Waals surface area contributed by atoms with Crippen molar-refractivity contribution in [2.24, 2.45) is 0 Å². The summed E-state index contributed by atoms with van der Waals surface area (Å²) in [4.78, 5) is 26.1. The minimum absolute atomic E-state index is 0.105. The van der Waals surface area contributed by atoms with Gasteiger partial charge in [-0.2, -0.15) is 0 Å². The van der Waals surface area contributed by atoms with Gasteiger partial charge in [-0.05, 0) is 43.2 Å². The zero-order valence-corrected chi connectivity index (χ0v) is 12.8. The number of hydrogen-bond acceptors (Lipinski definition) is 3. The van der Waals surface area contributed by atoms with E-state index >= 15 is 0 Å². The number of carbonyl (C=O) groups excluding carboxylic acids is 2. The first-order valence-electron chi connectivity index (χ1n) is 7.20. The number of carbonyl (C=O) groups is 2. The Kier molecular flexibility index (Phi) is 5.36. The molecule has 0 fully saturated rings. The Bertz CT molecular complexity index is 701. The van der Waals surface area contributed by atoms with Gasteiger partial charge in [0.15, 0.2) is 5.78 Å². The number of aromatic amines is 1. The second-order valence-corrected chi connectivity index (χ2v) is 4.97. The summed E-state index contributed by atoms with van der Waals surface area (Å²) in [6.07, 6.45) is 5.56. The number of aromatic nitrogens is 1. The maximum absolute atomic E-state index is 11.6. The van der Waals surface area contributed by atoms with Crippen molar-refractivity contribution < 1.29 is 14.3 Å². The van der Waals surface area contributed by atoms with Gasteiger partial charge in [-0.3, -0.25) is 9.59 Å². The van der Waals surface area contributed by atoms with Crippen LogP contribution in [0.3, 0.4) is 0 Å². The predicted molar refractivity (Wildman–Crippen MR) is 86.0 cm³/mol. The van der Waals surface area contributed by atoms with Gasteiger partial charge in [-0.25, -0.2) is 0 Å². The predicted octanol–water partition coefficient (Wildman–Crippen LogP) is 2.37. The van der Waals surface area contributed by atoms with Crippen LogP contribution in [0.5, 0.6) is 5.75 Å². The molecule has 116 valence electrons. The molecule has 0 aliphatic heterocycles. The van der Waals surface area contributed by atoms with Crippen LogP contribution in [0.15, 0.2) is 36.5 Å². The lowest BCUT2D eigenvalue weighted by Crippen LogP contribution is -2.27. The van der Waals surface area contributed by atoms with E-state index < -0.39 is 0 Å². The Morgan fingerprint density at radius 3 is 2.91 bits per heavy atom. The third-order valence-corrected chi connectivity index (χ3v) is 3.38. The van der Waals surface area contributed by atoms with Gasteiger partial charge in [-0.15, -0.1) is 0 Å². The summed E-state index contributed by atoms with van der Waals surface area (Å²) in [6, 6.07) is 5.84. The second-order valence-electron chi connectivity index (χ2n) is 4.97. The topological polar surface area (TPSA) is 71.2 Å². The van der Waals surface area contributed by atoms with Gasteiger partial charge in [0.2, 0.25) is 5.91 Å². The standard InChI is InChI=1S/C17H20N2O3/c1-3-4-13(20)9-17(21)18-8-7-12-11-19-16-6-5-14(22-2)10-15(12)16/h3-6,10-11,19H,7-9H2,1-2H3,(H,18,21)/b4-3+. The van der Waals surface area contributed by atoms with E-state index in [0.29, 0.717) is 13.0 Å². The highest BCUT2D eigenvalue weighted by Gasteiger charge is 2.08. The first kappa shape index (κ1) is 15.8. The maximum atomic E-state index is 11.6. The molecule has 2 aromatic rings. The zero-order valence-electron chi connectivity index (χ0n) is 12.8. The Morgan fingerprint density at radius 1 is 1.36 bits per heavy atom. The molecule has 0 saturated heterocycles. The molecule has 2 rings (SSSR count). The Balaban J connectivity index is 1.92. The first-order chi connectivity index (χ1) is 10.6. The van der Waals surface area contributed by atoms with Crippen molar-refractivity contribution in [1.29, 1.82) is 0 Å². The molecule has 1 aromatic carbocycles. The van der Waals surface area contributed by atoms with E-state index in [2.05, 4.69) is 10.3 Å². The van der Waals surface area contributed by atoms with Gasteiger partial charge in [0.1, 0.15) is 5.75 Å². The highest BCUT2D eigenvalue weighted by atomic mass is 16.5. The molecule has 0 aliphatic rings. The molecule has 1 heterocycles. The fraction of sp³-hybridized carbons (Fsp3) is 0.294. The fourth-order valence-electron chi connectivity index (χ4n) is 2.29. The van der Waals surface area contributed by atoms with Crippen LogP contribution in [0.2, 0.25) is 0 Å². The van der Waals surface area contributed by atoms with Crippen LogP contribution in [0.4, 0.5) is 0 Å². The molecule has 0 atom stereocenters. The molecule has 1 aromatic heterocycles. The van der Waals surface area contributed by atoms with Crippen molar-refractivity contribution in [3.8, 4) is 5.75 Å². The molecule has 5 nitrogen and oxygen atoms in total. The summed E-state index contributed by atoms with van der Waals surface area (Å²) in [5.74, 6) is 0.367. The summed E-state index contributed by atoms with van der Waals surface area (Å²) in [5.41, 5.74) is 2.14. The highest BCUT2D eigenvalue weighted by Crippen LogP contribution is 2.23. The number of amides is 1. The van der Waals surface area contributed by atoms with Crippen LogP contribution in [-0.2, 0) is 16.0 Å². The van der Waals surface area contributed by atoms with Crippen LogP contribution < -0.4 is 10.1 Å². The van der Waals surface area contributed by atoms with E-state index in [1.807, 2.05) is 24.4 Å². The number of allylic oxidation sites excluding steroid dienone is 2.